The number of hydrogen-bond donors (Lipinski definition) is 3. The maximum absolute atomic E-state index is 12.1. The van der Waals surface area contributed by atoms with Gasteiger partial charge in [0.2, 0.25) is 0 Å². The molecule has 0 aliphatic heterocycles. The third-order valence-corrected chi connectivity index (χ3v) is 4.46. The van der Waals surface area contributed by atoms with Crippen molar-refractivity contribution in [3.8, 4) is 5.75 Å². The highest BCUT2D eigenvalue weighted by Crippen LogP contribution is 2.31. The van der Waals surface area contributed by atoms with Gasteiger partial charge < -0.3 is 10.6 Å². The molecule has 0 atom stereocenters. The Hall–Kier alpha value is -3.10. The van der Waals surface area contributed by atoms with Gasteiger partial charge in [-0.3, -0.25) is 9.35 Å². The molecule has 4 N–H and O–H groups in total. The predicted molar refractivity (Wildman–Crippen MR) is 92.7 cm³/mol. The standard InChI is InChI=1S/C17H14N2O5S/c18-13-8-5-12(6-9-13)17(20)19-24-15-10-7-11-3-1-2-4-14(11)16(15)25(21,22)23/h1-10H,18H2,(H,19,20)(H,21,22,23). The van der Waals surface area contributed by atoms with Gasteiger partial charge in [0, 0.05) is 16.6 Å². The molecule has 0 heterocycles. The van der Waals surface area contributed by atoms with Crippen LogP contribution < -0.4 is 16.1 Å². The maximum Gasteiger partial charge on any atom is 0.298 e. The molecule has 3 rings (SSSR count). The molecule has 0 aliphatic rings. The maximum atomic E-state index is 12.1. The van der Waals surface area contributed by atoms with Gasteiger partial charge in [0.05, 0.1) is 0 Å². The van der Waals surface area contributed by atoms with Crippen LogP contribution in [0.2, 0.25) is 0 Å². The first kappa shape index (κ1) is 16.7. The van der Waals surface area contributed by atoms with Gasteiger partial charge in [-0.05, 0) is 35.7 Å². The minimum absolute atomic E-state index is 0.190. The van der Waals surface area contributed by atoms with Crippen LogP contribution in [0.15, 0.2) is 65.6 Å². The van der Waals surface area contributed by atoms with Crippen LogP contribution in [0.1, 0.15) is 10.4 Å². The number of carbonyl (C=O) groups excluding carboxylic acids is 1. The highest BCUT2D eigenvalue weighted by atomic mass is 32.2. The first-order valence-electron chi connectivity index (χ1n) is 7.18. The summed E-state index contributed by atoms with van der Waals surface area (Å²) in [7, 11) is -4.57. The molecule has 25 heavy (non-hydrogen) atoms. The number of carbonyl (C=O) groups is 1. The molecule has 128 valence electrons. The van der Waals surface area contributed by atoms with Crippen molar-refractivity contribution in [2.24, 2.45) is 0 Å². The Balaban J connectivity index is 1.93. The number of fused-ring (bicyclic) bond motifs is 1. The van der Waals surface area contributed by atoms with Crippen LogP contribution in [-0.2, 0) is 10.1 Å². The van der Waals surface area contributed by atoms with Gasteiger partial charge in [0.15, 0.2) is 5.75 Å². The summed E-state index contributed by atoms with van der Waals surface area (Å²) in [5, 5.41) is 0.886. The summed E-state index contributed by atoms with van der Waals surface area (Å²) in [5.41, 5.74) is 8.49. The lowest BCUT2D eigenvalue weighted by molar-refractivity contribution is 0.0754. The summed E-state index contributed by atoms with van der Waals surface area (Å²) in [6.07, 6.45) is 0. The lowest BCUT2D eigenvalue weighted by atomic mass is 10.1. The first-order chi connectivity index (χ1) is 11.9. The van der Waals surface area contributed by atoms with Crippen molar-refractivity contribution in [3.05, 3.63) is 66.2 Å². The van der Waals surface area contributed by atoms with E-state index in [-0.39, 0.29) is 16.7 Å². The van der Waals surface area contributed by atoms with E-state index in [9.17, 15) is 17.8 Å². The Morgan fingerprint density at radius 2 is 1.68 bits per heavy atom. The van der Waals surface area contributed by atoms with Crippen LogP contribution in [0.3, 0.4) is 0 Å². The van der Waals surface area contributed by atoms with Crippen LogP contribution in [0, 0.1) is 0 Å². The van der Waals surface area contributed by atoms with Crippen LogP contribution in [0.25, 0.3) is 10.8 Å². The topological polar surface area (TPSA) is 119 Å². The van der Waals surface area contributed by atoms with Gasteiger partial charge in [-0.25, -0.2) is 0 Å². The molecule has 0 saturated carbocycles. The van der Waals surface area contributed by atoms with Crippen LogP contribution in [-0.4, -0.2) is 18.9 Å². The molecule has 0 spiro atoms. The number of anilines is 1. The van der Waals surface area contributed by atoms with Crippen LogP contribution in [0.5, 0.6) is 5.75 Å². The molecule has 0 saturated heterocycles. The molecule has 0 bridgehead atoms. The fourth-order valence-corrected chi connectivity index (χ4v) is 3.19. The van der Waals surface area contributed by atoms with Gasteiger partial charge in [0.25, 0.3) is 16.0 Å². The molecule has 1 amide bonds. The highest BCUT2D eigenvalue weighted by molar-refractivity contribution is 7.86. The van der Waals surface area contributed by atoms with Crippen molar-refractivity contribution in [2.75, 3.05) is 5.73 Å². The number of hydrogen-bond acceptors (Lipinski definition) is 5. The second-order valence-electron chi connectivity index (χ2n) is 5.24. The van der Waals surface area contributed by atoms with Crippen molar-refractivity contribution in [2.45, 2.75) is 4.90 Å². The molecular weight excluding hydrogens is 344 g/mol. The summed E-state index contributed by atoms with van der Waals surface area (Å²) in [5.74, 6) is -0.778. The van der Waals surface area contributed by atoms with E-state index in [0.717, 1.165) is 0 Å². The zero-order chi connectivity index (χ0) is 18.0. The summed E-state index contributed by atoms with van der Waals surface area (Å²) in [6, 6.07) is 15.7. The number of nitrogen functional groups attached to an aromatic ring is 1. The van der Waals surface area contributed by atoms with Crippen molar-refractivity contribution in [1.29, 1.82) is 0 Å². The summed E-state index contributed by atoms with van der Waals surface area (Å²) in [6.45, 7) is 0. The Morgan fingerprint density at radius 3 is 2.36 bits per heavy atom. The molecule has 0 aliphatic carbocycles. The van der Waals surface area contributed by atoms with Gasteiger partial charge in [0.1, 0.15) is 4.90 Å². The first-order valence-corrected chi connectivity index (χ1v) is 8.62. The zero-order valence-corrected chi connectivity index (χ0v) is 13.7. The molecule has 3 aromatic rings. The van der Waals surface area contributed by atoms with E-state index < -0.39 is 20.9 Å². The smallest absolute Gasteiger partial charge is 0.298 e. The van der Waals surface area contributed by atoms with E-state index in [2.05, 4.69) is 5.48 Å². The summed E-state index contributed by atoms with van der Waals surface area (Å²) in [4.78, 5) is 16.8. The van der Waals surface area contributed by atoms with E-state index in [1.54, 1.807) is 36.4 Å². The van der Waals surface area contributed by atoms with Crippen molar-refractivity contribution in [3.63, 3.8) is 0 Å². The number of nitrogens with two attached hydrogens (primary N) is 1. The molecular formula is C17H14N2O5S. The molecule has 0 fully saturated rings. The van der Waals surface area contributed by atoms with Gasteiger partial charge >= 0.3 is 0 Å². The van der Waals surface area contributed by atoms with E-state index in [0.29, 0.717) is 11.1 Å². The predicted octanol–water partition coefficient (Wildman–Crippen LogP) is 2.39. The van der Waals surface area contributed by atoms with Crippen molar-refractivity contribution >= 4 is 32.5 Å². The summed E-state index contributed by atoms with van der Waals surface area (Å²) >= 11 is 0. The lowest BCUT2D eigenvalue weighted by Crippen LogP contribution is -2.27. The lowest BCUT2D eigenvalue weighted by Gasteiger charge is -2.12. The number of benzene rings is 3. The average Bonchev–Trinajstić information content (AvgIpc) is 2.58. The number of rotatable bonds is 4. The normalized spacial score (nSPS) is 11.2. The minimum atomic E-state index is -4.57. The second kappa shape index (κ2) is 6.42. The summed E-state index contributed by atoms with van der Waals surface area (Å²) < 4.78 is 33.1. The molecule has 3 aromatic carbocycles. The van der Waals surface area contributed by atoms with Gasteiger partial charge in [-0.1, -0.05) is 30.3 Å². The second-order valence-corrected chi connectivity index (χ2v) is 6.60. The van der Waals surface area contributed by atoms with Gasteiger partial charge in [-0.2, -0.15) is 13.9 Å². The van der Waals surface area contributed by atoms with E-state index in [1.165, 1.54) is 24.3 Å². The van der Waals surface area contributed by atoms with Crippen molar-refractivity contribution in [1.82, 2.24) is 5.48 Å². The third kappa shape index (κ3) is 3.54. The van der Waals surface area contributed by atoms with Gasteiger partial charge in [-0.15, -0.1) is 0 Å². The Bertz CT molecular complexity index is 1050. The monoisotopic (exact) mass is 358 g/mol. The van der Waals surface area contributed by atoms with E-state index in [4.69, 9.17) is 10.6 Å². The number of nitrogens with one attached hydrogen (secondary N) is 1. The Morgan fingerprint density at radius 1 is 1.00 bits per heavy atom. The average molecular weight is 358 g/mol. The largest absolute Gasteiger partial charge is 0.399 e. The minimum Gasteiger partial charge on any atom is -0.399 e. The third-order valence-electron chi connectivity index (χ3n) is 3.53. The fraction of sp³-hybridized carbons (Fsp3) is 0. The molecule has 0 radical (unpaired) electrons. The van der Waals surface area contributed by atoms with Crippen LogP contribution >= 0.6 is 0 Å². The molecule has 0 aromatic heterocycles. The number of amides is 1. The quantitative estimate of drug-likeness (QED) is 0.374. The zero-order valence-electron chi connectivity index (χ0n) is 12.8. The molecule has 0 unspecified atom stereocenters. The fourth-order valence-electron chi connectivity index (χ4n) is 2.36. The molecule has 8 heteroatoms. The molecule has 7 nitrogen and oxygen atoms in total. The highest BCUT2D eigenvalue weighted by Gasteiger charge is 2.21. The Kier molecular flexibility index (Phi) is 4.30. The van der Waals surface area contributed by atoms with Crippen LogP contribution in [0.4, 0.5) is 5.69 Å². The SMILES string of the molecule is Nc1ccc(C(=O)NOc2ccc3ccccc3c2S(=O)(=O)O)cc1. The van der Waals surface area contributed by atoms with Crippen molar-refractivity contribution < 1.29 is 22.6 Å². The number of hydroxylamine groups is 1. The van der Waals surface area contributed by atoms with E-state index in [1.807, 2.05) is 0 Å². The Labute approximate surface area is 143 Å². The van der Waals surface area contributed by atoms with E-state index >= 15 is 0 Å².